The monoisotopic (exact) mass is 433 g/mol. The molecule has 0 aromatic carbocycles. The van der Waals surface area contributed by atoms with Crippen LogP contribution in [-0.2, 0) is 19.5 Å². The van der Waals surface area contributed by atoms with Crippen molar-refractivity contribution in [2.75, 3.05) is 0 Å². The Bertz CT molecular complexity index is 491. The van der Waals surface area contributed by atoms with Gasteiger partial charge >= 0.3 is 0 Å². The van der Waals surface area contributed by atoms with E-state index in [1.807, 2.05) is 0 Å². The molecule has 1 heterocycles. The Morgan fingerprint density at radius 1 is 0.548 bits per heavy atom. The molecular weight excluding hydrogens is 376 g/mol. The lowest BCUT2D eigenvalue weighted by atomic mass is 10.1. The van der Waals surface area contributed by atoms with Gasteiger partial charge in [-0.3, -0.25) is 0 Å². The average Bonchev–Trinajstić information content (AvgIpc) is 3.16. The van der Waals surface area contributed by atoms with Crippen molar-refractivity contribution in [1.29, 1.82) is 0 Å². The van der Waals surface area contributed by atoms with E-state index in [-0.39, 0.29) is 0 Å². The number of unbranched alkanes of at least 4 members (excludes halogenated alkanes) is 17. The number of hydrogen-bond donors (Lipinski definition) is 0. The molecule has 0 amide bonds. The third-order valence-electron chi connectivity index (χ3n) is 6.85. The second-order valence-electron chi connectivity index (χ2n) is 9.86. The fraction of sp³-hybridized carbons (Fsp3) is 0.897. The first kappa shape index (κ1) is 28.2. The van der Waals surface area contributed by atoms with E-state index >= 15 is 0 Å². The summed E-state index contributed by atoms with van der Waals surface area (Å²) < 4.78 is 5.19. The van der Waals surface area contributed by atoms with Crippen molar-refractivity contribution in [3.05, 3.63) is 18.2 Å². The van der Waals surface area contributed by atoms with Crippen LogP contribution in [0, 0.1) is 0 Å². The molecule has 0 bridgehead atoms. The standard InChI is InChI=1S/C29H57N2/c1-4-7-10-13-15-16-18-21-24-29-30(25-22-19-12-9-6-3)27-28-31(29)26-23-20-17-14-11-8-5-2/h27-28H,4-26H2,1-3H3/q+1. The first-order valence-corrected chi connectivity index (χ1v) is 14.4. The minimum absolute atomic E-state index is 1.22. The predicted molar refractivity (Wildman–Crippen MR) is 138 cm³/mol. The average molecular weight is 434 g/mol. The van der Waals surface area contributed by atoms with Crippen LogP contribution in [0.2, 0.25) is 0 Å². The van der Waals surface area contributed by atoms with Crippen molar-refractivity contribution in [1.82, 2.24) is 4.57 Å². The Labute approximate surface area is 196 Å². The molecule has 0 aliphatic rings. The fourth-order valence-electron chi connectivity index (χ4n) is 4.73. The highest BCUT2D eigenvalue weighted by Crippen LogP contribution is 2.13. The molecule has 1 aromatic rings. The number of imidazole rings is 1. The van der Waals surface area contributed by atoms with Crippen LogP contribution in [0.15, 0.2) is 12.4 Å². The van der Waals surface area contributed by atoms with Gasteiger partial charge in [-0.1, -0.05) is 117 Å². The van der Waals surface area contributed by atoms with Gasteiger partial charge in [-0.25, -0.2) is 9.13 Å². The summed E-state index contributed by atoms with van der Waals surface area (Å²) in [6.07, 6.45) is 34.0. The van der Waals surface area contributed by atoms with Crippen molar-refractivity contribution < 1.29 is 4.57 Å². The molecule has 2 heteroatoms. The van der Waals surface area contributed by atoms with Crippen LogP contribution in [0.1, 0.15) is 155 Å². The summed E-state index contributed by atoms with van der Waals surface area (Å²) in [7, 11) is 0. The maximum Gasteiger partial charge on any atom is 0.256 e. The van der Waals surface area contributed by atoms with Gasteiger partial charge < -0.3 is 0 Å². The summed E-state index contributed by atoms with van der Waals surface area (Å²) in [5.41, 5.74) is 0. The highest BCUT2D eigenvalue weighted by molar-refractivity contribution is 4.84. The zero-order valence-corrected chi connectivity index (χ0v) is 21.8. The van der Waals surface area contributed by atoms with E-state index in [1.165, 1.54) is 148 Å². The Hall–Kier alpha value is -0.790. The molecule has 0 spiro atoms. The van der Waals surface area contributed by atoms with Gasteiger partial charge in [0.1, 0.15) is 12.4 Å². The fourth-order valence-corrected chi connectivity index (χ4v) is 4.73. The van der Waals surface area contributed by atoms with Gasteiger partial charge in [0.05, 0.1) is 13.1 Å². The lowest BCUT2D eigenvalue weighted by Crippen LogP contribution is -2.37. The molecule has 2 nitrogen and oxygen atoms in total. The van der Waals surface area contributed by atoms with Crippen LogP contribution in [0.5, 0.6) is 0 Å². The molecule has 1 aromatic heterocycles. The first-order chi connectivity index (χ1) is 15.3. The molecular formula is C29H57N2+. The van der Waals surface area contributed by atoms with E-state index < -0.39 is 0 Å². The Morgan fingerprint density at radius 2 is 1.00 bits per heavy atom. The summed E-state index contributed by atoms with van der Waals surface area (Å²) >= 11 is 0. The van der Waals surface area contributed by atoms with Crippen molar-refractivity contribution in [2.24, 2.45) is 0 Å². The third kappa shape index (κ3) is 14.8. The molecule has 1 rings (SSSR count). The van der Waals surface area contributed by atoms with Crippen molar-refractivity contribution in [3.63, 3.8) is 0 Å². The minimum atomic E-state index is 1.22. The van der Waals surface area contributed by atoms with E-state index in [9.17, 15) is 0 Å². The van der Waals surface area contributed by atoms with Gasteiger partial charge in [-0.2, -0.15) is 0 Å². The number of aromatic nitrogens is 2. The van der Waals surface area contributed by atoms with Crippen LogP contribution in [0.25, 0.3) is 0 Å². The second kappa shape index (κ2) is 21.1. The normalized spacial score (nSPS) is 11.5. The molecule has 0 N–H and O–H groups in total. The van der Waals surface area contributed by atoms with E-state index in [2.05, 4.69) is 42.3 Å². The van der Waals surface area contributed by atoms with E-state index in [0.29, 0.717) is 0 Å². The molecule has 0 unspecified atom stereocenters. The van der Waals surface area contributed by atoms with Gasteiger partial charge in [-0.15, -0.1) is 0 Å². The Morgan fingerprint density at radius 3 is 1.55 bits per heavy atom. The molecule has 0 aliphatic heterocycles. The topological polar surface area (TPSA) is 8.81 Å². The SMILES string of the molecule is CCCCCCCCCCc1n(CCCCCCCCC)cc[n+]1CCCCCCC. The van der Waals surface area contributed by atoms with Crippen LogP contribution in [0.3, 0.4) is 0 Å². The summed E-state index contributed by atoms with van der Waals surface area (Å²) in [6.45, 7) is 9.36. The maximum atomic E-state index is 2.60. The van der Waals surface area contributed by atoms with Gasteiger partial charge in [0, 0.05) is 6.42 Å². The lowest BCUT2D eigenvalue weighted by Gasteiger charge is -2.07. The zero-order chi connectivity index (χ0) is 22.4. The van der Waals surface area contributed by atoms with Crippen molar-refractivity contribution in [2.45, 2.75) is 169 Å². The molecule has 182 valence electrons. The summed E-state index contributed by atoms with van der Waals surface area (Å²) in [5, 5.41) is 0. The largest absolute Gasteiger partial charge is 0.256 e. The quantitative estimate of drug-likeness (QED) is 0.120. The molecule has 0 atom stereocenters. The molecule has 0 aliphatic carbocycles. The minimum Gasteiger partial charge on any atom is -0.234 e. The van der Waals surface area contributed by atoms with Crippen molar-refractivity contribution >= 4 is 0 Å². The Kier molecular flexibility index (Phi) is 19.2. The molecule has 31 heavy (non-hydrogen) atoms. The highest BCUT2D eigenvalue weighted by Gasteiger charge is 2.16. The van der Waals surface area contributed by atoms with Crippen LogP contribution in [0.4, 0.5) is 0 Å². The summed E-state index contributed by atoms with van der Waals surface area (Å²) in [4.78, 5) is 0. The van der Waals surface area contributed by atoms with Crippen molar-refractivity contribution in [3.8, 4) is 0 Å². The smallest absolute Gasteiger partial charge is 0.234 e. The second-order valence-corrected chi connectivity index (χ2v) is 9.86. The predicted octanol–water partition coefficient (Wildman–Crippen LogP) is 9.18. The number of hydrogen-bond acceptors (Lipinski definition) is 0. The van der Waals surface area contributed by atoms with Gasteiger partial charge in [0.2, 0.25) is 0 Å². The van der Waals surface area contributed by atoms with Crippen LogP contribution in [-0.4, -0.2) is 4.57 Å². The van der Waals surface area contributed by atoms with Gasteiger partial charge in [0.25, 0.3) is 5.82 Å². The van der Waals surface area contributed by atoms with Crippen LogP contribution >= 0.6 is 0 Å². The first-order valence-electron chi connectivity index (χ1n) is 14.4. The lowest BCUT2D eigenvalue weighted by molar-refractivity contribution is -0.704. The van der Waals surface area contributed by atoms with E-state index in [4.69, 9.17) is 0 Å². The summed E-state index contributed by atoms with van der Waals surface area (Å²) in [6, 6.07) is 0. The van der Waals surface area contributed by atoms with Gasteiger partial charge in [0.15, 0.2) is 0 Å². The maximum absolute atomic E-state index is 2.60. The third-order valence-corrected chi connectivity index (χ3v) is 6.85. The molecule has 0 radical (unpaired) electrons. The van der Waals surface area contributed by atoms with Crippen LogP contribution < -0.4 is 4.57 Å². The molecule has 0 saturated carbocycles. The zero-order valence-electron chi connectivity index (χ0n) is 21.8. The number of aryl methyl sites for hydroxylation is 2. The molecule has 0 saturated heterocycles. The van der Waals surface area contributed by atoms with Gasteiger partial charge in [-0.05, 0) is 32.1 Å². The summed E-state index contributed by atoms with van der Waals surface area (Å²) in [5.74, 6) is 1.60. The highest BCUT2D eigenvalue weighted by atomic mass is 15.1. The number of nitrogens with zero attached hydrogens (tertiary/aromatic N) is 2. The Balaban J connectivity index is 2.39. The molecule has 0 fully saturated rings. The van der Waals surface area contributed by atoms with E-state index in [0.717, 1.165) is 0 Å². The number of rotatable bonds is 23. The van der Waals surface area contributed by atoms with E-state index in [1.54, 1.807) is 5.82 Å².